The van der Waals surface area contributed by atoms with Gasteiger partial charge in [-0.2, -0.15) is 0 Å². The average molecular weight is 434 g/mol. The Morgan fingerprint density at radius 3 is 2.74 bits per heavy atom. The number of hydrogen-bond donors (Lipinski definition) is 0. The average Bonchev–Trinajstić information content (AvgIpc) is 2.80. The summed E-state index contributed by atoms with van der Waals surface area (Å²) in [5.41, 5.74) is 2.97. The van der Waals surface area contributed by atoms with Gasteiger partial charge in [0.05, 0.1) is 24.1 Å². The van der Waals surface area contributed by atoms with Crippen LogP contribution < -0.4 is 10.3 Å². The molecule has 0 spiro atoms. The third-order valence-corrected chi connectivity index (χ3v) is 6.14. The van der Waals surface area contributed by atoms with Crippen LogP contribution in [-0.2, 0) is 23.6 Å². The van der Waals surface area contributed by atoms with E-state index in [9.17, 15) is 9.18 Å². The van der Waals surface area contributed by atoms with Gasteiger partial charge in [-0.1, -0.05) is 54.2 Å². The fourth-order valence-electron chi connectivity index (χ4n) is 3.67. The van der Waals surface area contributed by atoms with Crippen LogP contribution in [0, 0.1) is 5.82 Å². The van der Waals surface area contributed by atoms with Gasteiger partial charge in [0.15, 0.2) is 11.9 Å². The molecule has 1 aliphatic heterocycles. The molecule has 0 atom stereocenters. The highest BCUT2D eigenvalue weighted by Gasteiger charge is 2.19. The number of aromatic nitrogens is 2. The van der Waals surface area contributed by atoms with Gasteiger partial charge in [-0.25, -0.2) is 9.37 Å². The van der Waals surface area contributed by atoms with Crippen LogP contribution in [0.2, 0.25) is 0 Å². The summed E-state index contributed by atoms with van der Waals surface area (Å²) in [4.78, 5) is 18.0. The van der Waals surface area contributed by atoms with E-state index in [2.05, 4.69) is 0 Å². The van der Waals surface area contributed by atoms with Crippen molar-refractivity contribution >= 4 is 22.7 Å². The van der Waals surface area contributed by atoms with Crippen molar-refractivity contribution in [2.45, 2.75) is 24.1 Å². The molecule has 0 saturated heterocycles. The molecule has 2 heterocycles. The van der Waals surface area contributed by atoms with Gasteiger partial charge in [0.25, 0.3) is 5.56 Å². The summed E-state index contributed by atoms with van der Waals surface area (Å²) < 4.78 is 26.7. The standard InChI is InChI=1S/C24H19FN2O3S/c25-19-10-17-13-29-15-30-22(17)18(11-19)14-31-24-26-21-9-5-4-8-20(21)23(28)27(24)12-16-6-2-1-3-7-16/h1-11H,12-15H2. The van der Waals surface area contributed by atoms with Gasteiger partial charge < -0.3 is 9.47 Å². The summed E-state index contributed by atoms with van der Waals surface area (Å²) in [6.07, 6.45) is 0. The van der Waals surface area contributed by atoms with E-state index in [1.54, 1.807) is 10.6 Å². The lowest BCUT2D eigenvalue weighted by molar-refractivity contribution is -0.0171. The Hall–Kier alpha value is -3.16. The van der Waals surface area contributed by atoms with Crippen LogP contribution in [0.15, 0.2) is 76.7 Å². The molecule has 0 N–H and O–H groups in total. The van der Waals surface area contributed by atoms with Gasteiger partial charge in [-0.3, -0.25) is 9.36 Å². The first kappa shape index (κ1) is 19.8. The summed E-state index contributed by atoms with van der Waals surface area (Å²) >= 11 is 1.39. The molecular formula is C24H19FN2O3S. The number of thioether (sulfide) groups is 1. The van der Waals surface area contributed by atoms with Crippen molar-refractivity contribution in [1.29, 1.82) is 0 Å². The second-order valence-corrected chi connectivity index (χ2v) is 8.18. The number of hydrogen-bond acceptors (Lipinski definition) is 5. The van der Waals surface area contributed by atoms with Gasteiger partial charge in [0.2, 0.25) is 0 Å². The highest BCUT2D eigenvalue weighted by atomic mass is 32.2. The number of nitrogens with zero attached hydrogens (tertiary/aromatic N) is 2. The van der Waals surface area contributed by atoms with Gasteiger partial charge in [-0.15, -0.1) is 0 Å². The quantitative estimate of drug-likeness (QED) is 0.335. The van der Waals surface area contributed by atoms with Gasteiger partial charge in [-0.05, 0) is 29.8 Å². The van der Waals surface area contributed by atoms with Crippen molar-refractivity contribution in [2.75, 3.05) is 6.79 Å². The lowest BCUT2D eigenvalue weighted by Gasteiger charge is -2.21. The smallest absolute Gasteiger partial charge is 0.262 e. The molecule has 0 saturated carbocycles. The molecular weight excluding hydrogens is 415 g/mol. The highest BCUT2D eigenvalue weighted by Crippen LogP contribution is 2.33. The molecule has 1 aromatic heterocycles. The molecule has 0 bridgehead atoms. The second-order valence-electron chi connectivity index (χ2n) is 7.24. The molecule has 0 unspecified atom stereocenters. The molecule has 0 radical (unpaired) electrons. The summed E-state index contributed by atoms with van der Waals surface area (Å²) in [5, 5.41) is 1.16. The maximum atomic E-state index is 14.1. The first-order chi connectivity index (χ1) is 15.2. The zero-order chi connectivity index (χ0) is 21.2. The Morgan fingerprint density at radius 1 is 1.06 bits per heavy atom. The first-order valence-corrected chi connectivity index (χ1v) is 10.9. The molecule has 31 heavy (non-hydrogen) atoms. The van der Waals surface area contributed by atoms with Crippen molar-refractivity contribution in [3.05, 3.63) is 99.6 Å². The number of ether oxygens (including phenoxy) is 2. The van der Waals surface area contributed by atoms with Crippen molar-refractivity contribution in [2.24, 2.45) is 0 Å². The minimum absolute atomic E-state index is 0.0946. The maximum absolute atomic E-state index is 14.1. The van der Waals surface area contributed by atoms with Crippen molar-refractivity contribution < 1.29 is 13.9 Å². The van der Waals surface area contributed by atoms with Crippen molar-refractivity contribution in [3.8, 4) is 5.75 Å². The lowest BCUT2D eigenvalue weighted by atomic mass is 10.1. The van der Waals surface area contributed by atoms with E-state index < -0.39 is 0 Å². The molecule has 5 nitrogen and oxygen atoms in total. The number of rotatable bonds is 5. The second kappa shape index (κ2) is 8.53. The predicted molar refractivity (Wildman–Crippen MR) is 118 cm³/mol. The Labute approximate surface area is 182 Å². The fraction of sp³-hybridized carbons (Fsp3) is 0.167. The minimum atomic E-state index is -0.336. The number of para-hydroxylation sites is 1. The van der Waals surface area contributed by atoms with Crippen LogP contribution in [0.5, 0.6) is 5.75 Å². The zero-order valence-electron chi connectivity index (χ0n) is 16.6. The lowest BCUT2D eigenvalue weighted by Crippen LogP contribution is -2.24. The van der Waals surface area contributed by atoms with Gasteiger partial charge in [0, 0.05) is 16.9 Å². The van der Waals surface area contributed by atoms with Crippen molar-refractivity contribution in [1.82, 2.24) is 9.55 Å². The Kier molecular flexibility index (Phi) is 5.44. The summed E-state index contributed by atoms with van der Waals surface area (Å²) in [7, 11) is 0. The van der Waals surface area contributed by atoms with E-state index in [0.29, 0.717) is 46.3 Å². The molecule has 0 amide bonds. The fourth-order valence-corrected chi connectivity index (χ4v) is 4.63. The largest absolute Gasteiger partial charge is 0.467 e. The van der Waals surface area contributed by atoms with E-state index in [1.807, 2.05) is 48.5 Å². The molecule has 0 fully saturated rings. The number of halogens is 1. The monoisotopic (exact) mass is 434 g/mol. The van der Waals surface area contributed by atoms with E-state index in [1.165, 1.54) is 23.9 Å². The maximum Gasteiger partial charge on any atom is 0.262 e. The molecule has 156 valence electrons. The van der Waals surface area contributed by atoms with E-state index in [0.717, 1.165) is 11.1 Å². The van der Waals surface area contributed by atoms with Crippen LogP contribution in [0.3, 0.4) is 0 Å². The van der Waals surface area contributed by atoms with Crippen LogP contribution >= 0.6 is 11.8 Å². The predicted octanol–water partition coefficient (Wildman–Crippen LogP) is 4.74. The van der Waals surface area contributed by atoms with E-state index >= 15 is 0 Å². The molecule has 7 heteroatoms. The first-order valence-electron chi connectivity index (χ1n) is 9.87. The third-order valence-electron chi connectivity index (χ3n) is 5.12. The zero-order valence-corrected chi connectivity index (χ0v) is 17.4. The summed E-state index contributed by atoms with van der Waals surface area (Å²) in [5.74, 6) is 0.731. The van der Waals surface area contributed by atoms with Crippen LogP contribution in [-0.4, -0.2) is 16.3 Å². The molecule has 4 aromatic rings. The Balaban J connectivity index is 1.54. The SMILES string of the molecule is O=c1c2ccccc2nc(SCc2cc(F)cc3c2OCOC3)n1Cc1ccccc1. The topological polar surface area (TPSA) is 53.4 Å². The van der Waals surface area contributed by atoms with Crippen LogP contribution in [0.4, 0.5) is 4.39 Å². The highest BCUT2D eigenvalue weighted by molar-refractivity contribution is 7.98. The molecule has 5 rings (SSSR count). The van der Waals surface area contributed by atoms with Gasteiger partial charge in [0.1, 0.15) is 11.6 Å². The Bertz CT molecular complexity index is 1310. The van der Waals surface area contributed by atoms with Crippen LogP contribution in [0.25, 0.3) is 10.9 Å². The molecule has 3 aromatic carbocycles. The van der Waals surface area contributed by atoms with Crippen LogP contribution in [0.1, 0.15) is 16.7 Å². The van der Waals surface area contributed by atoms with E-state index in [4.69, 9.17) is 14.5 Å². The van der Waals surface area contributed by atoms with Gasteiger partial charge >= 0.3 is 0 Å². The van der Waals surface area contributed by atoms with E-state index in [-0.39, 0.29) is 18.2 Å². The molecule has 0 aliphatic carbocycles. The van der Waals surface area contributed by atoms with Crippen molar-refractivity contribution in [3.63, 3.8) is 0 Å². The number of benzene rings is 3. The normalized spacial score (nSPS) is 13.1. The summed E-state index contributed by atoms with van der Waals surface area (Å²) in [6, 6.07) is 20.0. The minimum Gasteiger partial charge on any atom is -0.467 e. The number of fused-ring (bicyclic) bond motifs is 2. The molecule has 1 aliphatic rings. The Morgan fingerprint density at radius 2 is 1.87 bits per heavy atom. The third kappa shape index (κ3) is 4.06. The summed E-state index contributed by atoms with van der Waals surface area (Å²) in [6.45, 7) is 0.867.